The number of carbonyl (C=O) groups excluding carboxylic acids is 1. The molecule has 1 amide bonds. The van der Waals surface area contributed by atoms with E-state index in [1.807, 2.05) is 25.7 Å². The van der Waals surface area contributed by atoms with Crippen LogP contribution in [0.15, 0.2) is 42.5 Å². The second-order valence-corrected chi connectivity index (χ2v) is 8.52. The van der Waals surface area contributed by atoms with E-state index in [4.69, 9.17) is 9.47 Å². The standard InChI is InChI=1S/C23H27NO3/c1-15-9-10-20(21-8-6-5-7-19(15)21)16-11-17-13-26-14-18(12-16)24(17)22(25)27-23(2,3)4/h5-11,17-18H,12-14H2,1-4H3. The van der Waals surface area contributed by atoms with Crippen molar-refractivity contribution in [3.05, 3.63) is 53.6 Å². The van der Waals surface area contributed by atoms with E-state index in [-0.39, 0.29) is 18.2 Å². The molecule has 27 heavy (non-hydrogen) atoms. The van der Waals surface area contributed by atoms with E-state index in [9.17, 15) is 4.79 Å². The first-order chi connectivity index (χ1) is 12.8. The highest BCUT2D eigenvalue weighted by atomic mass is 16.6. The molecule has 2 atom stereocenters. The number of amides is 1. The van der Waals surface area contributed by atoms with Crippen LogP contribution in [-0.4, -0.2) is 41.9 Å². The van der Waals surface area contributed by atoms with E-state index in [1.165, 1.54) is 27.5 Å². The number of morpholine rings is 1. The average Bonchev–Trinajstić information content (AvgIpc) is 2.60. The smallest absolute Gasteiger partial charge is 0.411 e. The van der Waals surface area contributed by atoms with Gasteiger partial charge in [0.25, 0.3) is 0 Å². The van der Waals surface area contributed by atoms with Crippen LogP contribution in [0, 0.1) is 6.92 Å². The van der Waals surface area contributed by atoms with Crippen LogP contribution in [0.3, 0.4) is 0 Å². The molecule has 4 rings (SSSR count). The molecule has 0 aromatic heterocycles. The zero-order valence-electron chi connectivity index (χ0n) is 16.5. The van der Waals surface area contributed by atoms with Crippen molar-refractivity contribution in [2.75, 3.05) is 13.2 Å². The summed E-state index contributed by atoms with van der Waals surface area (Å²) < 4.78 is 11.4. The Morgan fingerprint density at radius 1 is 1.11 bits per heavy atom. The van der Waals surface area contributed by atoms with E-state index in [0.717, 1.165) is 6.42 Å². The molecule has 0 radical (unpaired) electrons. The van der Waals surface area contributed by atoms with Crippen molar-refractivity contribution in [2.24, 2.45) is 0 Å². The molecule has 0 spiro atoms. The Balaban J connectivity index is 1.71. The van der Waals surface area contributed by atoms with Gasteiger partial charge in [-0.2, -0.15) is 0 Å². The van der Waals surface area contributed by atoms with Crippen LogP contribution in [0.1, 0.15) is 38.3 Å². The van der Waals surface area contributed by atoms with Crippen LogP contribution in [0.2, 0.25) is 0 Å². The summed E-state index contributed by atoms with van der Waals surface area (Å²) in [5, 5.41) is 2.56. The fraction of sp³-hybridized carbons (Fsp3) is 0.435. The number of hydrogen-bond acceptors (Lipinski definition) is 3. The summed E-state index contributed by atoms with van der Waals surface area (Å²) in [5.74, 6) is 0. The molecule has 0 N–H and O–H groups in total. The van der Waals surface area contributed by atoms with E-state index in [0.29, 0.717) is 13.2 Å². The monoisotopic (exact) mass is 365 g/mol. The molecule has 4 nitrogen and oxygen atoms in total. The van der Waals surface area contributed by atoms with Gasteiger partial charge >= 0.3 is 6.09 Å². The van der Waals surface area contributed by atoms with Gasteiger partial charge in [-0.3, -0.25) is 4.90 Å². The fourth-order valence-corrected chi connectivity index (χ4v) is 4.12. The predicted molar refractivity (Wildman–Crippen MR) is 108 cm³/mol. The van der Waals surface area contributed by atoms with Crippen molar-refractivity contribution in [3.63, 3.8) is 0 Å². The van der Waals surface area contributed by atoms with Gasteiger partial charge in [-0.15, -0.1) is 0 Å². The van der Waals surface area contributed by atoms with Crippen LogP contribution in [0.4, 0.5) is 4.79 Å². The van der Waals surface area contributed by atoms with E-state index in [2.05, 4.69) is 49.4 Å². The van der Waals surface area contributed by atoms with Gasteiger partial charge in [-0.25, -0.2) is 4.79 Å². The van der Waals surface area contributed by atoms with Crippen LogP contribution in [0.5, 0.6) is 0 Å². The van der Waals surface area contributed by atoms with Gasteiger partial charge in [-0.05, 0) is 61.6 Å². The van der Waals surface area contributed by atoms with Crippen LogP contribution in [0.25, 0.3) is 16.3 Å². The van der Waals surface area contributed by atoms with Crippen molar-refractivity contribution in [3.8, 4) is 0 Å². The lowest BCUT2D eigenvalue weighted by Gasteiger charge is -2.44. The summed E-state index contributed by atoms with van der Waals surface area (Å²) in [6.45, 7) is 8.93. The van der Waals surface area contributed by atoms with Gasteiger partial charge in [0.1, 0.15) is 5.60 Å². The summed E-state index contributed by atoms with van der Waals surface area (Å²) in [5.41, 5.74) is 3.34. The molecular formula is C23H27NO3. The zero-order valence-corrected chi connectivity index (χ0v) is 16.5. The number of hydrogen-bond donors (Lipinski definition) is 0. The molecule has 2 aromatic rings. The van der Waals surface area contributed by atoms with Crippen molar-refractivity contribution >= 4 is 22.4 Å². The number of aryl methyl sites for hydroxylation is 1. The minimum Gasteiger partial charge on any atom is -0.444 e. The van der Waals surface area contributed by atoms with Gasteiger partial charge in [-0.1, -0.05) is 42.5 Å². The molecule has 1 saturated heterocycles. The number of ether oxygens (including phenoxy) is 2. The second kappa shape index (κ2) is 6.68. The summed E-state index contributed by atoms with van der Waals surface area (Å²) >= 11 is 0. The number of rotatable bonds is 1. The quantitative estimate of drug-likeness (QED) is 0.718. The zero-order chi connectivity index (χ0) is 19.2. The maximum absolute atomic E-state index is 12.7. The highest BCUT2D eigenvalue weighted by Gasteiger charge is 2.40. The third-order valence-corrected chi connectivity index (χ3v) is 5.29. The Morgan fingerprint density at radius 2 is 1.85 bits per heavy atom. The highest BCUT2D eigenvalue weighted by Crippen LogP contribution is 2.37. The molecular weight excluding hydrogens is 338 g/mol. The van der Waals surface area contributed by atoms with E-state index < -0.39 is 5.60 Å². The van der Waals surface area contributed by atoms with Gasteiger partial charge in [0, 0.05) is 0 Å². The summed E-state index contributed by atoms with van der Waals surface area (Å²) in [6.07, 6.45) is 2.73. The third-order valence-electron chi connectivity index (χ3n) is 5.29. The first kappa shape index (κ1) is 18.1. The Bertz CT molecular complexity index is 909. The van der Waals surface area contributed by atoms with Crippen molar-refractivity contribution in [1.82, 2.24) is 4.90 Å². The Hall–Kier alpha value is -2.33. The minimum atomic E-state index is -0.497. The minimum absolute atomic E-state index is 0.0127. The molecule has 1 fully saturated rings. The first-order valence-electron chi connectivity index (χ1n) is 9.62. The highest BCUT2D eigenvalue weighted by molar-refractivity contribution is 5.96. The van der Waals surface area contributed by atoms with E-state index >= 15 is 0 Å². The maximum Gasteiger partial charge on any atom is 0.411 e. The Labute approximate surface area is 160 Å². The largest absolute Gasteiger partial charge is 0.444 e. The topological polar surface area (TPSA) is 38.8 Å². The molecule has 0 saturated carbocycles. The molecule has 2 bridgehead atoms. The van der Waals surface area contributed by atoms with E-state index in [1.54, 1.807) is 0 Å². The molecule has 2 heterocycles. The Morgan fingerprint density at radius 3 is 2.56 bits per heavy atom. The van der Waals surface area contributed by atoms with Crippen molar-refractivity contribution in [1.29, 1.82) is 0 Å². The fourth-order valence-electron chi connectivity index (χ4n) is 4.12. The lowest BCUT2D eigenvalue weighted by atomic mass is 9.87. The summed E-state index contributed by atoms with van der Waals surface area (Å²) in [6, 6.07) is 12.9. The third kappa shape index (κ3) is 3.46. The number of benzene rings is 2. The lowest BCUT2D eigenvalue weighted by molar-refractivity contribution is -0.0510. The molecule has 2 unspecified atom stereocenters. The molecule has 0 aliphatic carbocycles. The molecule has 2 aliphatic rings. The molecule has 2 aliphatic heterocycles. The lowest BCUT2D eigenvalue weighted by Crippen LogP contribution is -2.57. The number of nitrogens with zero attached hydrogens (tertiary/aromatic N) is 1. The maximum atomic E-state index is 12.7. The van der Waals surface area contributed by atoms with Crippen LogP contribution < -0.4 is 0 Å². The van der Waals surface area contributed by atoms with Crippen LogP contribution in [-0.2, 0) is 9.47 Å². The van der Waals surface area contributed by atoms with Crippen molar-refractivity contribution in [2.45, 2.75) is 51.8 Å². The SMILES string of the molecule is Cc1ccc(C2=CC3COCC(C2)N3C(=O)OC(C)(C)C)c2ccccc12. The van der Waals surface area contributed by atoms with Gasteiger partial charge in [0.2, 0.25) is 0 Å². The predicted octanol–water partition coefficient (Wildman–Crippen LogP) is 4.94. The average molecular weight is 365 g/mol. The van der Waals surface area contributed by atoms with Gasteiger partial charge in [0.15, 0.2) is 0 Å². The van der Waals surface area contributed by atoms with Crippen LogP contribution >= 0.6 is 0 Å². The summed E-state index contributed by atoms with van der Waals surface area (Å²) in [4.78, 5) is 14.6. The van der Waals surface area contributed by atoms with Gasteiger partial charge < -0.3 is 9.47 Å². The molecule has 2 aromatic carbocycles. The number of fused-ring (bicyclic) bond motifs is 3. The summed E-state index contributed by atoms with van der Waals surface area (Å²) in [7, 11) is 0. The normalized spacial score (nSPS) is 22.5. The molecule has 142 valence electrons. The van der Waals surface area contributed by atoms with Crippen molar-refractivity contribution < 1.29 is 14.3 Å². The van der Waals surface area contributed by atoms with Gasteiger partial charge in [0.05, 0.1) is 25.3 Å². The second-order valence-electron chi connectivity index (χ2n) is 8.52. The molecule has 4 heteroatoms. The number of carbonyl (C=O) groups is 1. The first-order valence-corrected chi connectivity index (χ1v) is 9.62. The Kier molecular flexibility index (Phi) is 4.47.